The van der Waals surface area contributed by atoms with E-state index in [1.165, 1.54) is 12.4 Å². The zero-order valence-corrected chi connectivity index (χ0v) is 12.0. The number of carbonyl (C=O) groups excluding carboxylic acids is 2. The fraction of sp³-hybridized carbons (Fsp3) is 0.500. The van der Waals surface area contributed by atoms with E-state index in [-0.39, 0.29) is 29.4 Å². The van der Waals surface area contributed by atoms with Crippen LogP contribution in [0.4, 0.5) is 0 Å². The number of aliphatic imine (C=N–C) groups is 1. The predicted octanol–water partition coefficient (Wildman–Crippen LogP) is 1.59. The lowest BCUT2D eigenvalue weighted by molar-refractivity contribution is -0.138. The minimum absolute atomic E-state index is 0.0260. The van der Waals surface area contributed by atoms with Gasteiger partial charge in [-0.1, -0.05) is 0 Å². The number of hydrogen-bond acceptors (Lipinski definition) is 6. The number of nitrogens with zero attached hydrogens (tertiary/aromatic N) is 2. The molecule has 0 aromatic rings. The lowest BCUT2D eigenvalue weighted by Crippen LogP contribution is -2.14. The van der Waals surface area contributed by atoms with Crippen LogP contribution in [0.2, 0.25) is 0 Å². The second-order valence-electron chi connectivity index (χ2n) is 4.59. The van der Waals surface area contributed by atoms with Crippen LogP contribution in [0.1, 0.15) is 26.2 Å². The first-order valence-electron chi connectivity index (χ1n) is 6.50. The second kappa shape index (κ2) is 7.47. The molecule has 0 spiro atoms. The van der Waals surface area contributed by atoms with E-state index >= 15 is 0 Å². The first-order valence-corrected chi connectivity index (χ1v) is 6.50. The van der Waals surface area contributed by atoms with Crippen molar-refractivity contribution in [1.82, 2.24) is 4.90 Å². The van der Waals surface area contributed by atoms with Crippen molar-refractivity contribution >= 4 is 18.0 Å². The summed E-state index contributed by atoms with van der Waals surface area (Å²) >= 11 is 0. The molecular weight excluding hydrogens is 260 g/mol. The molecule has 1 N–H and O–H groups in total. The third-order valence-corrected chi connectivity index (χ3v) is 2.63. The van der Waals surface area contributed by atoms with Crippen LogP contribution in [0.25, 0.3) is 0 Å². The van der Waals surface area contributed by atoms with Crippen LogP contribution in [0.5, 0.6) is 0 Å². The van der Waals surface area contributed by atoms with E-state index in [4.69, 9.17) is 4.74 Å². The molecule has 0 saturated carbocycles. The monoisotopic (exact) mass is 280 g/mol. The Kier molecular flexibility index (Phi) is 5.96. The van der Waals surface area contributed by atoms with Crippen molar-refractivity contribution in [3.05, 3.63) is 23.2 Å². The zero-order valence-electron chi connectivity index (χ0n) is 12.0. The number of carbonyl (C=O) groups is 2. The fourth-order valence-electron chi connectivity index (χ4n) is 1.72. The van der Waals surface area contributed by atoms with Gasteiger partial charge >= 0.3 is 5.97 Å². The van der Waals surface area contributed by atoms with E-state index in [1.54, 1.807) is 25.9 Å². The Hall–Kier alpha value is -2.11. The van der Waals surface area contributed by atoms with E-state index in [9.17, 15) is 14.7 Å². The predicted molar refractivity (Wildman–Crippen MR) is 75.4 cm³/mol. The molecule has 0 atom stereocenters. The maximum atomic E-state index is 11.7. The molecule has 1 rings (SSSR count). The molecule has 1 aliphatic rings. The smallest absolute Gasteiger partial charge is 0.358 e. The van der Waals surface area contributed by atoms with Crippen molar-refractivity contribution in [1.29, 1.82) is 0 Å². The number of hydrogen-bond donors (Lipinski definition) is 1. The summed E-state index contributed by atoms with van der Waals surface area (Å²) < 4.78 is 4.89. The van der Waals surface area contributed by atoms with E-state index in [0.29, 0.717) is 19.3 Å². The van der Waals surface area contributed by atoms with Crippen LogP contribution in [-0.4, -0.2) is 48.7 Å². The molecule has 0 radical (unpaired) electrons. The lowest BCUT2D eigenvalue weighted by atomic mass is 9.97. The molecule has 0 heterocycles. The summed E-state index contributed by atoms with van der Waals surface area (Å²) in [6.07, 6.45) is 4.22. The molecule has 0 bridgehead atoms. The summed E-state index contributed by atoms with van der Waals surface area (Å²) in [4.78, 5) is 29.0. The quantitative estimate of drug-likeness (QED) is 0.470. The van der Waals surface area contributed by atoms with Crippen LogP contribution in [0.3, 0.4) is 0 Å². The van der Waals surface area contributed by atoms with Gasteiger partial charge in [-0.3, -0.25) is 4.79 Å². The SMILES string of the molecule is CCOC(=O)C(=CN(C)C)N=CC1=C(O)CCCC1=O. The largest absolute Gasteiger partial charge is 0.512 e. The van der Waals surface area contributed by atoms with E-state index in [2.05, 4.69) is 4.99 Å². The molecule has 6 heteroatoms. The Balaban J connectivity index is 2.97. The highest BCUT2D eigenvalue weighted by atomic mass is 16.5. The summed E-state index contributed by atoms with van der Waals surface area (Å²) in [6.45, 7) is 1.94. The van der Waals surface area contributed by atoms with Gasteiger partial charge in [0, 0.05) is 39.4 Å². The molecule has 0 aliphatic heterocycles. The molecule has 6 nitrogen and oxygen atoms in total. The molecular formula is C14H20N2O4. The summed E-state index contributed by atoms with van der Waals surface area (Å²) in [5.74, 6) is -0.704. The first kappa shape index (κ1) is 15.9. The highest BCUT2D eigenvalue weighted by molar-refractivity contribution is 6.14. The molecule has 1 aliphatic carbocycles. The molecule has 0 amide bonds. The number of ketones is 1. The minimum atomic E-state index is -0.569. The highest BCUT2D eigenvalue weighted by Gasteiger charge is 2.19. The van der Waals surface area contributed by atoms with Gasteiger partial charge in [0.25, 0.3) is 0 Å². The lowest BCUT2D eigenvalue weighted by Gasteiger charge is -2.12. The van der Waals surface area contributed by atoms with E-state index in [1.807, 2.05) is 0 Å². The van der Waals surface area contributed by atoms with Gasteiger partial charge in [0.2, 0.25) is 0 Å². The number of aliphatic hydroxyl groups is 1. The zero-order chi connectivity index (χ0) is 15.1. The van der Waals surface area contributed by atoms with Crippen LogP contribution >= 0.6 is 0 Å². The average Bonchev–Trinajstić information content (AvgIpc) is 2.36. The molecule has 20 heavy (non-hydrogen) atoms. The molecule has 0 aromatic heterocycles. The third-order valence-electron chi connectivity index (χ3n) is 2.63. The molecule has 0 aromatic carbocycles. The Morgan fingerprint density at radius 2 is 2.15 bits per heavy atom. The van der Waals surface area contributed by atoms with Crippen molar-refractivity contribution in [2.45, 2.75) is 26.2 Å². The van der Waals surface area contributed by atoms with Crippen molar-refractivity contribution in [2.75, 3.05) is 20.7 Å². The molecule has 0 unspecified atom stereocenters. The number of ether oxygens (including phenoxy) is 1. The Bertz CT molecular complexity index is 476. The van der Waals surface area contributed by atoms with Crippen molar-refractivity contribution in [3.63, 3.8) is 0 Å². The van der Waals surface area contributed by atoms with Gasteiger partial charge in [0.05, 0.1) is 12.2 Å². The standard InChI is InChI=1S/C14H20N2O4/c1-4-20-14(19)11(9-16(2)3)15-8-10-12(17)6-5-7-13(10)18/h8-9,17H,4-7H2,1-3H3. The van der Waals surface area contributed by atoms with Crippen molar-refractivity contribution < 1.29 is 19.4 Å². The maximum absolute atomic E-state index is 11.7. The molecule has 0 fully saturated rings. The Morgan fingerprint density at radius 3 is 2.70 bits per heavy atom. The van der Waals surface area contributed by atoms with Gasteiger partial charge in [-0.25, -0.2) is 9.79 Å². The number of rotatable bonds is 5. The van der Waals surface area contributed by atoms with Crippen molar-refractivity contribution in [2.24, 2.45) is 4.99 Å². The van der Waals surface area contributed by atoms with E-state index in [0.717, 1.165) is 0 Å². The maximum Gasteiger partial charge on any atom is 0.358 e. The number of esters is 1. The summed E-state index contributed by atoms with van der Waals surface area (Å²) in [7, 11) is 3.49. The van der Waals surface area contributed by atoms with Gasteiger partial charge in [0.15, 0.2) is 11.5 Å². The topological polar surface area (TPSA) is 79.2 Å². The Labute approximate surface area is 118 Å². The third kappa shape index (κ3) is 4.53. The minimum Gasteiger partial charge on any atom is -0.512 e. The van der Waals surface area contributed by atoms with Crippen LogP contribution < -0.4 is 0 Å². The summed E-state index contributed by atoms with van der Waals surface area (Å²) in [5, 5.41) is 9.70. The summed E-state index contributed by atoms with van der Waals surface area (Å²) in [6, 6.07) is 0. The van der Waals surface area contributed by atoms with Gasteiger partial charge in [-0.05, 0) is 13.3 Å². The summed E-state index contributed by atoms with van der Waals surface area (Å²) in [5.41, 5.74) is 0.251. The van der Waals surface area contributed by atoms with Gasteiger partial charge in [-0.2, -0.15) is 0 Å². The van der Waals surface area contributed by atoms with Crippen LogP contribution in [0, 0.1) is 0 Å². The normalized spacial score (nSPS) is 16.8. The van der Waals surface area contributed by atoms with Crippen molar-refractivity contribution in [3.8, 4) is 0 Å². The first-order chi connectivity index (χ1) is 9.45. The number of aliphatic hydroxyl groups excluding tert-OH is 1. The fourth-order valence-corrected chi connectivity index (χ4v) is 1.72. The van der Waals surface area contributed by atoms with Gasteiger partial charge in [-0.15, -0.1) is 0 Å². The number of Topliss-reactive ketones (excluding diaryl/α,β-unsaturated/α-hetero) is 1. The van der Waals surface area contributed by atoms with Gasteiger partial charge < -0.3 is 14.7 Å². The second-order valence-corrected chi connectivity index (χ2v) is 4.59. The average molecular weight is 280 g/mol. The number of allylic oxidation sites excluding steroid dienone is 2. The van der Waals surface area contributed by atoms with Crippen LogP contribution in [0.15, 0.2) is 28.2 Å². The molecule has 0 saturated heterocycles. The van der Waals surface area contributed by atoms with E-state index < -0.39 is 5.97 Å². The Morgan fingerprint density at radius 1 is 1.45 bits per heavy atom. The molecule has 110 valence electrons. The van der Waals surface area contributed by atoms with Gasteiger partial charge in [0.1, 0.15) is 5.76 Å². The van der Waals surface area contributed by atoms with Crippen LogP contribution in [-0.2, 0) is 14.3 Å². The highest BCUT2D eigenvalue weighted by Crippen LogP contribution is 2.19.